The summed E-state index contributed by atoms with van der Waals surface area (Å²) >= 11 is 6.20. The lowest BCUT2D eigenvalue weighted by molar-refractivity contribution is 0.448. The highest BCUT2D eigenvalue weighted by atomic mass is 79.9. The molecule has 2 rings (SSSR count). The van der Waals surface area contributed by atoms with Crippen molar-refractivity contribution in [1.82, 2.24) is 15.0 Å². The van der Waals surface area contributed by atoms with Crippen molar-refractivity contribution in [3.8, 4) is 17.4 Å². The van der Waals surface area contributed by atoms with E-state index in [1.165, 1.54) is 0 Å². The third-order valence-electron chi connectivity index (χ3n) is 1.83. The van der Waals surface area contributed by atoms with Gasteiger partial charge in [-0.25, -0.2) is 0 Å². The summed E-state index contributed by atoms with van der Waals surface area (Å²) in [5, 5.41) is 9.41. The zero-order valence-electron chi connectivity index (χ0n) is 7.74. The molecule has 0 aliphatic carbocycles. The van der Waals surface area contributed by atoms with E-state index in [0.29, 0.717) is 10.2 Å². The number of aromatic hydroxyl groups is 1. The van der Waals surface area contributed by atoms with Crippen molar-refractivity contribution >= 4 is 31.9 Å². The summed E-state index contributed by atoms with van der Waals surface area (Å²) in [6.45, 7) is 0. The Bertz CT molecular complexity index is 598. The van der Waals surface area contributed by atoms with Gasteiger partial charge in [0.05, 0.1) is 0 Å². The minimum absolute atomic E-state index is 0.00306. The largest absolute Gasteiger partial charge is 0.492 e. The van der Waals surface area contributed by atoms with E-state index in [1.807, 2.05) is 0 Å². The molecule has 0 spiro atoms. The molecule has 2 heterocycles. The van der Waals surface area contributed by atoms with Crippen molar-refractivity contribution in [2.45, 2.75) is 0 Å². The second-order valence-corrected chi connectivity index (χ2v) is 4.53. The number of rotatable bonds is 1. The van der Waals surface area contributed by atoms with Gasteiger partial charge in [-0.15, -0.1) is 0 Å². The number of H-pyrrole nitrogens is 1. The molecular formula is C9H5Br2N3O2. The average Bonchev–Trinajstić information content (AvgIpc) is 2.26. The van der Waals surface area contributed by atoms with E-state index >= 15 is 0 Å². The summed E-state index contributed by atoms with van der Waals surface area (Å²) in [5.41, 5.74) is 0.00227. The topological polar surface area (TPSA) is 78.9 Å². The quantitative estimate of drug-likeness (QED) is 0.828. The number of hydrogen-bond acceptors (Lipinski definition) is 4. The molecule has 0 fully saturated rings. The SMILES string of the molecule is O=c1[nH]c(-c2ncccc2Br)nc(O)c1Br. The Labute approximate surface area is 107 Å². The lowest BCUT2D eigenvalue weighted by Gasteiger charge is -2.03. The van der Waals surface area contributed by atoms with E-state index in [1.54, 1.807) is 18.3 Å². The van der Waals surface area contributed by atoms with Crippen molar-refractivity contribution < 1.29 is 5.11 Å². The maximum atomic E-state index is 11.4. The second kappa shape index (κ2) is 4.34. The molecule has 0 atom stereocenters. The Kier molecular flexibility index (Phi) is 3.06. The smallest absolute Gasteiger partial charge is 0.269 e. The average molecular weight is 347 g/mol. The first-order valence-corrected chi connectivity index (χ1v) is 5.78. The molecule has 0 aliphatic heterocycles. The molecule has 0 saturated heterocycles. The fourth-order valence-corrected chi connectivity index (χ4v) is 1.75. The van der Waals surface area contributed by atoms with Crippen molar-refractivity contribution in [3.05, 3.63) is 37.6 Å². The predicted molar refractivity (Wildman–Crippen MR) is 65.2 cm³/mol. The molecule has 5 nitrogen and oxygen atoms in total. The highest BCUT2D eigenvalue weighted by Gasteiger charge is 2.11. The molecule has 0 unspecified atom stereocenters. The standard InChI is InChI=1S/C9H5Br2N3O2/c10-4-2-1-3-12-6(4)7-13-8(15)5(11)9(16)14-7/h1-3H,(H2,13,14,15,16). The van der Waals surface area contributed by atoms with Gasteiger partial charge in [-0.2, -0.15) is 4.98 Å². The first-order chi connectivity index (χ1) is 7.59. The van der Waals surface area contributed by atoms with Crippen molar-refractivity contribution in [3.63, 3.8) is 0 Å². The lowest BCUT2D eigenvalue weighted by Crippen LogP contribution is -2.10. The Morgan fingerprint density at radius 2 is 2.12 bits per heavy atom. The maximum absolute atomic E-state index is 11.4. The van der Waals surface area contributed by atoms with Crippen molar-refractivity contribution in [2.24, 2.45) is 0 Å². The van der Waals surface area contributed by atoms with Crippen LogP contribution in [-0.4, -0.2) is 20.1 Å². The van der Waals surface area contributed by atoms with Gasteiger partial charge in [-0.05, 0) is 44.0 Å². The zero-order valence-corrected chi connectivity index (χ0v) is 10.9. The zero-order chi connectivity index (χ0) is 11.7. The summed E-state index contributed by atoms with van der Waals surface area (Å²) in [7, 11) is 0. The molecule has 0 radical (unpaired) electrons. The number of aromatic nitrogens is 3. The Morgan fingerprint density at radius 3 is 2.75 bits per heavy atom. The van der Waals surface area contributed by atoms with Gasteiger partial charge in [0.2, 0.25) is 5.88 Å². The van der Waals surface area contributed by atoms with Gasteiger partial charge in [0.15, 0.2) is 5.82 Å². The highest BCUT2D eigenvalue weighted by molar-refractivity contribution is 9.10. The molecule has 0 aromatic carbocycles. The van der Waals surface area contributed by atoms with Crippen LogP contribution in [0, 0.1) is 0 Å². The van der Waals surface area contributed by atoms with Gasteiger partial charge in [0.1, 0.15) is 10.2 Å². The van der Waals surface area contributed by atoms with Gasteiger partial charge in [-0.3, -0.25) is 9.78 Å². The molecule has 0 bridgehead atoms. The van der Waals surface area contributed by atoms with E-state index in [9.17, 15) is 9.90 Å². The van der Waals surface area contributed by atoms with Crippen LogP contribution >= 0.6 is 31.9 Å². The van der Waals surface area contributed by atoms with Gasteiger partial charge >= 0.3 is 0 Å². The van der Waals surface area contributed by atoms with Crippen LogP contribution in [-0.2, 0) is 0 Å². The minimum Gasteiger partial charge on any atom is -0.492 e. The lowest BCUT2D eigenvalue weighted by atomic mass is 10.3. The van der Waals surface area contributed by atoms with Crippen LogP contribution in [0.5, 0.6) is 5.88 Å². The van der Waals surface area contributed by atoms with Crippen molar-refractivity contribution in [2.75, 3.05) is 0 Å². The summed E-state index contributed by atoms with van der Waals surface area (Å²) in [6, 6.07) is 3.51. The van der Waals surface area contributed by atoms with Crippen LogP contribution in [0.3, 0.4) is 0 Å². The predicted octanol–water partition coefficient (Wildman–Crippen LogP) is 2.06. The van der Waals surface area contributed by atoms with Crippen LogP contribution in [0.1, 0.15) is 0 Å². The Hall–Kier alpha value is -1.21. The van der Waals surface area contributed by atoms with Crippen LogP contribution in [0.25, 0.3) is 11.5 Å². The fourth-order valence-electron chi connectivity index (χ4n) is 1.12. The molecule has 2 aromatic rings. The van der Waals surface area contributed by atoms with Crippen LogP contribution in [0.15, 0.2) is 32.1 Å². The Morgan fingerprint density at radius 1 is 1.38 bits per heavy atom. The Balaban J connectivity index is 2.67. The molecule has 2 aromatic heterocycles. The van der Waals surface area contributed by atoms with E-state index in [4.69, 9.17) is 0 Å². The monoisotopic (exact) mass is 345 g/mol. The maximum Gasteiger partial charge on any atom is 0.269 e. The number of pyridine rings is 1. The molecular weight excluding hydrogens is 342 g/mol. The molecule has 7 heteroatoms. The van der Waals surface area contributed by atoms with Crippen molar-refractivity contribution in [1.29, 1.82) is 0 Å². The van der Waals surface area contributed by atoms with E-state index in [2.05, 4.69) is 46.8 Å². The van der Waals surface area contributed by atoms with Crippen LogP contribution < -0.4 is 5.56 Å². The number of halogens is 2. The van der Waals surface area contributed by atoms with Gasteiger partial charge in [0.25, 0.3) is 5.56 Å². The van der Waals surface area contributed by atoms with Crippen LogP contribution in [0.4, 0.5) is 0 Å². The summed E-state index contributed by atoms with van der Waals surface area (Å²) in [5.74, 6) is -0.158. The summed E-state index contributed by atoms with van der Waals surface area (Å²) < 4.78 is 0.683. The minimum atomic E-state index is -0.458. The third-order valence-corrected chi connectivity index (χ3v) is 3.18. The summed E-state index contributed by atoms with van der Waals surface area (Å²) in [4.78, 5) is 21.8. The molecule has 82 valence electrons. The molecule has 0 aliphatic rings. The fraction of sp³-hybridized carbons (Fsp3) is 0. The molecule has 0 amide bonds. The number of nitrogens with zero attached hydrogens (tertiary/aromatic N) is 2. The van der Waals surface area contributed by atoms with Gasteiger partial charge in [-0.1, -0.05) is 0 Å². The van der Waals surface area contributed by atoms with E-state index < -0.39 is 5.56 Å². The van der Waals surface area contributed by atoms with Gasteiger partial charge in [0, 0.05) is 10.7 Å². The van der Waals surface area contributed by atoms with Gasteiger partial charge < -0.3 is 10.1 Å². The highest BCUT2D eigenvalue weighted by Crippen LogP contribution is 2.24. The van der Waals surface area contributed by atoms with Crippen LogP contribution in [0.2, 0.25) is 0 Å². The number of aromatic amines is 1. The van der Waals surface area contributed by atoms with E-state index in [-0.39, 0.29) is 16.2 Å². The molecule has 0 saturated carbocycles. The number of nitrogens with one attached hydrogen (secondary N) is 1. The first-order valence-electron chi connectivity index (χ1n) is 4.19. The molecule has 2 N–H and O–H groups in total. The van der Waals surface area contributed by atoms with E-state index in [0.717, 1.165) is 0 Å². The summed E-state index contributed by atoms with van der Waals surface area (Å²) in [6.07, 6.45) is 1.57. The first kappa shape index (κ1) is 11.3. The normalized spacial score (nSPS) is 10.4. The number of hydrogen-bond donors (Lipinski definition) is 2. The third kappa shape index (κ3) is 2.00. The second-order valence-electron chi connectivity index (χ2n) is 2.89. The molecule has 16 heavy (non-hydrogen) atoms.